The SMILES string of the molecule is CC1(C)CC(=O)c2sc(N3CCOCC3)c(-c3ccnc(-c4cccc(CC(=O)O)c4)c3)c2C1. The van der Waals surface area contributed by atoms with Gasteiger partial charge in [0.05, 0.1) is 35.2 Å². The first-order valence-electron chi connectivity index (χ1n) is 11.6. The van der Waals surface area contributed by atoms with Crippen LogP contribution in [0, 0.1) is 5.41 Å². The third kappa shape index (κ3) is 4.50. The van der Waals surface area contributed by atoms with Gasteiger partial charge in [0.25, 0.3) is 0 Å². The van der Waals surface area contributed by atoms with Crippen LogP contribution in [0.15, 0.2) is 42.6 Å². The zero-order valence-electron chi connectivity index (χ0n) is 19.5. The molecule has 0 radical (unpaired) electrons. The van der Waals surface area contributed by atoms with Crippen LogP contribution in [-0.2, 0) is 22.4 Å². The van der Waals surface area contributed by atoms with Gasteiger partial charge >= 0.3 is 5.97 Å². The van der Waals surface area contributed by atoms with E-state index in [2.05, 4.69) is 29.8 Å². The molecule has 0 spiro atoms. The molecule has 1 saturated heterocycles. The van der Waals surface area contributed by atoms with Crippen molar-refractivity contribution in [1.82, 2.24) is 4.98 Å². The number of carboxylic acids is 1. The fourth-order valence-corrected chi connectivity index (χ4v) is 6.28. The number of benzene rings is 1. The van der Waals surface area contributed by atoms with Crippen LogP contribution < -0.4 is 4.90 Å². The van der Waals surface area contributed by atoms with Crippen molar-refractivity contribution in [2.45, 2.75) is 33.1 Å². The number of carbonyl (C=O) groups is 2. The van der Waals surface area contributed by atoms with Crippen LogP contribution in [0.5, 0.6) is 0 Å². The lowest BCUT2D eigenvalue weighted by Crippen LogP contribution is -2.36. The Kier molecular flexibility index (Phi) is 6.00. The van der Waals surface area contributed by atoms with Gasteiger partial charge in [-0.2, -0.15) is 0 Å². The van der Waals surface area contributed by atoms with E-state index in [-0.39, 0.29) is 17.6 Å². The smallest absolute Gasteiger partial charge is 0.307 e. The van der Waals surface area contributed by atoms with Gasteiger partial charge in [-0.1, -0.05) is 32.0 Å². The Bertz CT molecular complexity index is 1260. The van der Waals surface area contributed by atoms with Crippen molar-refractivity contribution >= 4 is 28.1 Å². The lowest BCUT2D eigenvalue weighted by atomic mass is 9.75. The summed E-state index contributed by atoms with van der Waals surface area (Å²) in [5.41, 5.74) is 5.65. The van der Waals surface area contributed by atoms with Crippen molar-refractivity contribution in [2.75, 3.05) is 31.2 Å². The predicted octanol–water partition coefficient (Wildman–Crippen LogP) is 5.10. The molecule has 2 aliphatic rings. The standard InChI is InChI=1S/C27H28N2O4S/c1-27(2)15-20-24(26(29-8-10-33-11-9-29)34-25(20)22(30)16-27)19-6-7-28-21(14-19)18-5-3-4-17(12-18)13-23(31)32/h3-7,12,14H,8-11,13,15-16H2,1-2H3,(H,31,32). The summed E-state index contributed by atoms with van der Waals surface area (Å²) in [6, 6.07) is 11.6. The molecule has 2 aromatic heterocycles. The molecule has 3 aromatic rings. The molecule has 0 atom stereocenters. The number of fused-ring (bicyclic) bond motifs is 1. The molecule has 1 aromatic carbocycles. The number of anilines is 1. The molecule has 0 saturated carbocycles. The van der Waals surface area contributed by atoms with E-state index in [1.54, 1.807) is 17.5 Å². The zero-order valence-corrected chi connectivity index (χ0v) is 20.3. The molecule has 5 rings (SSSR count). The third-order valence-corrected chi connectivity index (χ3v) is 7.80. The highest BCUT2D eigenvalue weighted by Gasteiger charge is 2.37. The molecule has 0 unspecified atom stereocenters. The highest BCUT2D eigenvalue weighted by atomic mass is 32.1. The molecular weight excluding hydrogens is 448 g/mol. The Morgan fingerprint density at radius 1 is 1.15 bits per heavy atom. The van der Waals surface area contributed by atoms with Crippen molar-refractivity contribution in [1.29, 1.82) is 0 Å². The second-order valence-electron chi connectivity index (χ2n) is 9.83. The molecule has 0 bridgehead atoms. The van der Waals surface area contributed by atoms with E-state index in [0.29, 0.717) is 19.6 Å². The number of Topliss-reactive ketones (excluding diaryl/α,β-unsaturated/α-hetero) is 1. The van der Waals surface area contributed by atoms with Crippen LogP contribution in [0.3, 0.4) is 0 Å². The molecule has 1 N–H and O–H groups in total. The number of rotatable bonds is 5. The van der Waals surface area contributed by atoms with Crippen molar-refractivity contribution in [3.05, 3.63) is 58.6 Å². The molecular formula is C27H28N2O4S. The molecule has 3 heterocycles. The quantitative estimate of drug-likeness (QED) is 0.552. The number of thiophene rings is 1. The van der Waals surface area contributed by atoms with Crippen LogP contribution in [0.4, 0.5) is 5.00 Å². The first-order valence-corrected chi connectivity index (χ1v) is 12.4. The Hall–Kier alpha value is -3.03. The number of pyridine rings is 1. The topological polar surface area (TPSA) is 79.7 Å². The van der Waals surface area contributed by atoms with Crippen molar-refractivity contribution in [3.8, 4) is 22.4 Å². The van der Waals surface area contributed by atoms with Gasteiger partial charge in [0, 0.05) is 36.8 Å². The van der Waals surface area contributed by atoms with Gasteiger partial charge in [-0.3, -0.25) is 14.6 Å². The number of hydrogen-bond acceptors (Lipinski definition) is 6. The summed E-state index contributed by atoms with van der Waals surface area (Å²) in [7, 11) is 0. The minimum absolute atomic E-state index is 0.0239. The average Bonchev–Trinajstić information content (AvgIpc) is 3.18. The Morgan fingerprint density at radius 3 is 2.71 bits per heavy atom. The summed E-state index contributed by atoms with van der Waals surface area (Å²) in [5, 5.41) is 10.3. The summed E-state index contributed by atoms with van der Waals surface area (Å²) >= 11 is 1.62. The number of ketones is 1. The van der Waals surface area contributed by atoms with E-state index >= 15 is 0 Å². The van der Waals surface area contributed by atoms with Gasteiger partial charge in [0.1, 0.15) is 0 Å². The Morgan fingerprint density at radius 2 is 1.94 bits per heavy atom. The van der Waals surface area contributed by atoms with Crippen LogP contribution in [-0.4, -0.2) is 48.1 Å². The molecule has 1 aliphatic heterocycles. The third-order valence-electron chi connectivity index (χ3n) is 6.46. The molecule has 1 aliphatic carbocycles. The Labute approximate surface area is 203 Å². The lowest BCUT2D eigenvalue weighted by Gasteiger charge is -2.30. The number of aliphatic carboxylic acids is 1. The van der Waals surface area contributed by atoms with Gasteiger partial charge in [-0.15, -0.1) is 11.3 Å². The van der Waals surface area contributed by atoms with E-state index in [9.17, 15) is 14.7 Å². The maximum atomic E-state index is 13.1. The number of ether oxygens (including phenoxy) is 1. The Balaban J connectivity index is 1.63. The molecule has 1 fully saturated rings. The summed E-state index contributed by atoms with van der Waals surface area (Å²) in [6.45, 7) is 7.29. The van der Waals surface area contributed by atoms with Gasteiger partial charge in [0.15, 0.2) is 5.78 Å². The fourth-order valence-electron chi connectivity index (χ4n) is 4.95. The van der Waals surface area contributed by atoms with Crippen molar-refractivity contribution < 1.29 is 19.4 Å². The minimum Gasteiger partial charge on any atom is -0.481 e. The maximum absolute atomic E-state index is 13.1. The normalized spacial score (nSPS) is 17.5. The number of hydrogen-bond donors (Lipinski definition) is 1. The zero-order chi connectivity index (χ0) is 23.9. The van der Waals surface area contributed by atoms with E-state index in [1.807, 2.05) is 30.3 Å². The van der Waals surface area contributed by atoms with Gasteiger partial charge in [0.2, 0.25) is 0 Å². The number of aromatic nitrogens is 1. The maximum Gasteiger partial charge on any atom is 0.307 e. The second-order valence-corrected chi connectivity index (χ2v) is 10.8. The largest absolute Gasteiger partial charge is 0.481 e. The molecule has 0 amide bonds. The van der Waals surface area contributed by atoms with E-state index < -0.39 is 5.97 Å². The van der Waals surface area contributed by atoms with Gasteiger partial charge in [-0.25, -0.2) is 0 Å². The summed E-state index contributed by atoms with van der Waals surface area (Å²) in [6.07, 6.45) is 3.21. The highest BCUT2D eigenvalue weighted by molar-refractivity contribution is 7.19. The summed E-state index contributed by atoms with van der Waals surface area (Å²) < 4.78 is 5.58. The number of carbonyl (C=O) groups excluding carboxylic acids is 1. The molecule has 34 heavy (non-hydrogen) atoms. The van der Waals surface area contributed by atoms with Crippen LogP contribution in [0.1, 0.15) is 41.1 Å². The summed E-state index contributed by atoms with van der Waals surface area (Å²) in [5.74, 6) is -0.626. The van der Waals surface area contributed by atoms with E-state index in [4.69, 9.17) is 4.74 Å². The first-order chi connectivity index (χ1) is 16.3. The van der Waals surface area contributed by atoms with Gasteiger partial charge in [-0.05, 0) is 46.7 Å². The molecule has 176 valence electrons. The van der Waals surface area contributed by atoms with E-state index in [0.717, 1.165) is 62.9 Å². The molecule has 6 nitrogen and oxygen atoms in total. The number of carboxylic acid groups (broad SMARTS) is 1. The highest BCUT2D eigenvalue weighted by Crippen LogP contribution is 2.49. The van der Waals surface area contributed by atoms with Crippen molar-refractivity contribution in [3.63, 3.8) is 0 Å². The van der Waals surface area contributed by atoms with Crippen molar-refractivity contribution in [2.24, 2.45) is 5.41 Å². The predicted molar refractivity (Wildman–Crippen MR) is 134 cm³/mol. The van der Waals surface area contributed by atoms with Crippen LogP contribution >= 0.6 is 11.3 Å². The van der Waals surface area contributed by atoms with E-state index in [1.165, 1.54) is 0 Å². The van der Waals surface area contributed by atoms with Gasteiger partial charge < -0.3 is 14.7 Å². The lowest BCUT2D eigenvalue weighted by molar-refractivity contribution is -0.136. The summed E-state index contributed by atoms with van der Waals surface area (Å²) in [4.78, 5) is 32.1. The number of nitrogens with zero attached hydrogens (tertiary/aromatic N) is 2. The average molecular weight is 477 g/mol. The van der Waals surface area contributed by atoms with Crippen LogP contribution in [0.25, 0.3) is 22.4 Å². The monoisotopic (exact) mass is 476 g/mol. The first kappa shape index (κ1) is 22.7. The number of morpholine rings is 1. The minimum atomic E-state index is -0.855. The fraction of sp³-hybridized carbons (Fsp3) is 0.370. The molecule has 7 heteroatoms. The second kappa shape index (κ2) is 8.96. The van der Waals surface area contributed by atoms with Crippen LogP contribution in [0.2, 0.25) is 0 Å².